The number of nitrogens with zero attached hydrogens (tertiary/aromatic N) is 5. The monoisotopic (exact) mass is 374 g/mol. The zero-order valence-electron chi connectivity index (χ0n) is 15.6. The zero-order valence-corrected chi connectivity index (χ0v) is 15.6. The summed E-state index contributed by atoms with van der Waals surface area (Å²) in [7, 11) is 0. The molecule has 1 aromatic carbocycles. The third-order valence-corrected chi connectivity index (χ3v) is 5.44. The molecule has 3 aromatic rings. The van der Waals surface area contributed by atoms with Gasteiger partial charge in [-0.05, 0) is 31.0 Å². The van der Waals surface area contributed by atoms with E-state index < -0.39 is 0 Å². The summed E-state index contributed by atoms with van der Waals surface area (Å²) in [6.07, 6.45) is 2.46. The topological polar surface area (TPSA) is 78.0 Å². The lowest BCUT2D eigenvalue weighted by molar-refractivity contribution is 0.0740. The van der Waals surface area contributed by atoms with Gasteiger partial charge in [-0.25, -0.2) is 0 Å². The minimum absolute atomic E-state index is 0.00973. The number of hydrogen-bond acceptors (Lipinski definition) is 5. The van der Waals surface area contributed by atoms with E-state index in [2.05, 4.69) is 37.4 Å². The summed E-state index contributed by atoms with van der Waals surface area (Å²) >= 11 is 0. The first-order chi connectivity index (χ1) is 13.8. The van der Waals surface area contributed by atoms with Crippen molar-refractivity contribution in [1.29, 1.82) is 0 Å². The summed E-state index contributed by atoms with van der Waals surface area (Å²) in [6.45, 7) is 2.82. The Balaban J connectivity index is 1.21. The molecule has 1 amide bonds. The van der Waals surface area contributed by atoms with E-state index in [0.717, 1.165) is 35.9 Å². The second kappa shape index (κ2) is 7.07. The smallest absolute Gasteiger partial charge is 0.272 e. The molecule has 0 bridgehead atoms. The van der Waals surface area contributed by atoms with Gasteiger partial charge in [0.1, 0.15) is 5.69 Å². The van der Waals surface area contributed by atoms with Crippen LogP contribution >= 0.6 is 0 Å². The molecule has 5 rings (SSSR count). The molecule has 1 aliphatic heterocycles. The van der Waals surface area contributed by atoms with Crippen molar-refractivity contribution < 1.29 is 4.79 Å². The van der Waals surface area contributed by atoms with Gasteiger partial charge < -0.3 is 9.80 Å². The summed E-state index contributed by atoms with van der Waals surface area (Å²) in [5.74, 6) is 1.50. The number of carbonyl (C=O) groups excluding carboxylic acids is 1. The number of aromatic amines is 1. The second-order valence-corrected chi connectivity index (χ2v) is 7.40. The fraction of sp³-hybridized carbons (Fsp3) is 0.333. The molecule has 2 aromatic heterocycles. The molecule has 1 saturated carbocycles. The fourth-order valence-corrected chi connectivity index (χ4v) is 3.60. The Labute approximate surface area is 163 Å². The molecule has 0 atom stereocenters. The van der Waals surface area contributed by atoms with Crippen molar-refractivity contribution in [3.63, 3.8) is 0 Å². The highest BCUT2D eigenvalue weighted by molar-refractivity contribution is 5.93. The van der Waals surface area contributed by atoms with Gasteiger partial charge in [0.15, 0.2) is 5.82 Å². The van der Waals surface area contributed by atoms with Crippen LogP contribution in [0.4, 0.5) is 5.82 Å². The largest absolute Gasteiger partial charge is 0.352 e. The van der Waals surface area contributed by atoms with Gasteiger partial charge in [-0.3, -0.25) is 9.89 Å². The van der Waals surface area contributed by atoms with E-state index in [1.165, 1.54) is 12.8 Å². The van der Waals surface area contributed by atoms with Crippen LogP contribution in [0.25, 0.3) is 11.3 Å². The van der Waals surface area contributed by atoms with Crippen LogP contribution < -0.4 is 4.90 Å². The highest BCUT2D eigenvalue weighted by Crippen LogP contribution is 2.38. The summed E-state index contributed by atoms with van der Waals surface area (Å²) in [5.41, 5.74) is 3.41. The number of piperazine rings is 1. The molecule has 2 fully saturated rings. The summed E-state index contributed by atoms with van der Waals surface area (Å²) in [5, 5.41) is 15.9. The second-order valence-electron chi connectivity index (χ2n) is 7.40. The quantitative estimate of drug-likeness (QED) is 0.760. The van der Waals surface area contributed by atoms with Crippen LogP contribution in [0.3, 0.4) is 0 Å². The van der Waals surface area contributed by atoms with Crippen LogP contribution in [-0.2, 0) is 0 Å². The molecule has 1 saturated heterocycles. The Morgan fingerprint density at radius 3 is 2.43 bits per heavy atom. The first-order valence-corrected chi connectivity index (χ1v) is 9.76. The SMILES string of the molecule is O=C(c1cc(-c2ccccc2)n[nH]1)N1CCN(c2ccc(C3CC3)nn2)CC1. The fourth-order valence-electron chi connectivity index (χ4n) is 3.60. The molecule has 28 heavy (non-hydrogen) atoms. The number of anilines is 1. The molecule has 7 nitrogen and oxygen atoms in total. The van der Waals surface area contributed by atoms with Crippen LogP contribution in [0.1, 0.15) is 34.9 Å². The van der Waals surface area contributed by atoms with E-state index in [1.807, 2.05) is 41.3 Å². The molecule has 3 heterocycles. The van der Waals surface area contributed by atoms with Gasteiger partial charge in [-0.15, -0.1) is 5.10 Å². The van der Waals surface area contributed by atoms with Crippen LogP contribution in [0.15, 0.2) is 48.5 Å². The number of H-pyrrole nitrogens is 1. The minimum Gasteiger partial charge on any atom is -0.352 e. The number of hydrogen-bond donors (Lipinski definition) is 1. The molecule has 2 aliphatic rings. The third-order valence-electron chi connectivity index (χ3n) is 5.44. The van der Waals surface area contributed by atoms with E-state index in [1.54, 1.807) is 0 Å². The van der Waals surface area contributed by atoms with Gasteiger partial charge in [0, 0.05) is 37.7 Å². The van der Waals surface area contributed by atoms with E-state index >= 15 is 0 Å². The van der Waals surface area contributed by atoms with Crippen molar-refractivity contribution in [2.45, 2.75) is 18.8 Å². The molecular formula is C21H22N6O. The van der Waals surface area contributed by atoms with Gasteiger partial charge in [0.2, 0.25) is 0 Å². The Bertz CT molecular complexity index is 956. The summed E-state index contributed by atoms with van der Waals surface area (Å²) < 4.78 is 0. The maximum atomic E-state index is 12.8. The van der Waals surface area contributed by atoms with E-state index in [4.69, 9.17) is 0 Å². The Morgan fingerprint density at radius 2 is 1.75 bits per heavy atom. The highest BCUT2D eigenvalue weighted by atomic mass is 16.2. The van der Waals surface area contributed by atoms with Gasteiger partial charge in [-0.1, -0.05) is 30.3 Å². The number of rotatable bonds is 4. The average molecular weight is 374 g/mol. The van der Waals surface area contributed by atoms with Gasteiger partial charge in [0.05, 0.1) is 11.4 Å². The van der Waals surface area contributed by atoms with Crippen molar-refractivity contribution in [2.24, 2.45) is 0 Å². The van der Waals surface area contributed by atoms with E-state index in [9.17, 15) is 4.79 Å². The first-order valence-electron chi connectivity index (χ1n) is 9.76. The summed E-state index contributed by atoms with van der Waals surface area (Å²) in [6, 6.07) is 15.8. The number of benzene rings is 1. The first kappa shape index (κ1) is 16.9. The van der Waals surface area contributed by atoms with Crippen molar-refractivity contribution in [1.82, 2.24) is 25.3 Å². The molecule has 1 N–H and O–H groups in total. The molecule has 0 radical (unpaired) electrons. The van der Waals surface area contributed by atoms with Crippen molar-refractivity contribution in [3.8, 4) is 11.3 Å². The lowest BCUT2D eigenvalue weighted by Crippen LogP contribution is -2.49. The minimum atomic E-state index is -0.00973. The maximum Gasteiger partial charge on any atom is 0.272 e. The van der Waals surface area contributed by atoms with Crippen LogP contribution in [0.5, 0.6) is 0 Å². The van der Waals surface area contributed by atoms with Crippen molar-refractivity contribution >= 4 is 11.7 Å². The van der Waals surface area contributed by atoms with Crippen LogP contribution in [0.2, 0.25) is 0 Å². The van der Waals surface area contributed by atoms with Gasteiger partial charge >= 0.3 is 0 Å². The van der Waals surface area contributed by atoms with Gasteiger partial charge in [-0.2, -0.15) is 10.2 Å². The number of amides is 1. The Hall–Kier alpha value is -3.22. The van der Waals surface area contributed by atoms with E-state index in [-0.39, 0.29) is 5.91 Å². The van der Waals surface area contributed by atoms with Crippen molar-refractivity contribution in [2.75, 3.05) is 31.1 Å². The third kappa shape index (κ3) is 3.35. The predicted molar refractivity (Wildman–Crippen MR) is 106 cm³/mol. The number of carbonyl (C=O) groups is 1. The van der Waals surface area contributed by atoms with Crippen molar-refractivity contribution in [3.05, 3.63) is 59.9 Å². The zero-order chi connectivity index (χ0) is 18.9. The average Bonchev–Trinajstić information content (AvgIpc) is 3.50. The highest BCUT2D eigenvalue weighted by Gasteiger charge is 2.27. The number of aromatic nitrogens is 4. The standard InChI is InChI=1S/C21H22N6O/c28-21(19-14-18(23-24-19)15-4-2-1-3-5-15)27-12-10-26(11-13-27)20-9-8-17(22-25-20)16-6-7-16/h1-5,8-9,14,16H,6-7,10-13H2,(H,23,24). The molecular weight excluding hydrogens is 352 g/mol. The lowest BCUT2D eigenvalue weighted by Gasteiger charge is -2.34. The normalized spacial score (nSPS) is 17.0. The molecule has 1 aliphatic carbocycles. The summed E-state index contributed by atoms with van der Waals surface area (Å²) in [4.78, 5) is 16.9. The Morgan fingerprint density at radius 1 is 0.964 bits per heavy atom. The molecule has 0 unspecified atom stereocenters. The predicted octanol–water partition coefficient (Wildman–Crippen LogP) is 2.71. The van der Waals surface area contributed by atoms with Crippen LogP contribution in [-0.4, -0.2) is 57.4 Å². The maximum absolute atomic E-state index is 12.8. The van der Waals surface area contributed by atoms with Gasteiger partial charge in [0.25, 0.3) is 5.91 Å². The molecule has 0 spiro atoms. The molecule has 142 valence electrons. The lowest BCUT2D eigenvalue weighted by atomic mass is 10.1. The van der Waals surface area contributed by atoms with E-state index in [0.29, 0.717) is 24.7 Å². The molecule has 7 heteroatoms. The Kier molecular flexibility index (Phi) is 4.27. The van der Waals surface area contributed by atoms with Crippen LogP contribution in [0, 0.1) is 0 Å². The number of nitrogens with one attached hydrogen (secondary N) is 1.